The predicted octanol–water partition coefficient (Wildman–Crippen LogP) is 3.07. The monoisotopic (exact) mass is 392 g/mol. The van der Waals surface area contributed by atoms with Crippen LogP contribution in [0.3, 0.4) is 0 Å². The summed E-state index contributed by atoms with van der Waals surface area (Å²) >= 11 is 0. The molecule has 7 heteroatoms. The number of amides is 1. The molecule has 1 heterocycles. The minimum atomic E-state index is -0.961. The molecule has 1 amide bonds. The van der Waals surface area contributed by atoms with E-state index in [0.717, 1.165) is 10.9 Å². The number of esters is 1. The number of para-hydroxylation sites is 1. The molecule has 0 fully saturated rings. The number of alkyl halides is 1. The molecule has 0 aliphatic rings. The molecule has 2 N–H and O–H groups in total. The summed E-state index contributed by atoms with van der Waals surface area (Å²) in [6.07, 6.45) is 1.70. The predicted molar refractivity (Wildman–Crippen MR) is 106 cm³/mol. The molecule has 1 aromatic heterocycles. The number of aromatic nitrogens is 1. The first kappa shape index (κ1) is 21.9. The Hall–Kier alpha value is -2.41. The van der Waals surface area contributed by atoms with Crippen molar-refractivity contribution in [1.29, 1.82) is 0 Å². The summed E-state index contributed by atoms with van der Waals surface area (Å²) in [5, 5.41) is 13.0. The molecule has 154 valence electrons. The maximum atomic E-state index is 13.0. The van der Waals surface area contributed by atoms with Gasteiger partial charge in [0.05, 0.1) is 18.8 Å². The van der Waals surface area contributed by atoms with Gasteiger partial charge >= 0.3 is 5.97 Å². The molecule has 0 bridgehead atoms. The SMILES string of the molecule is COC(=O)[C@@H](NC(=O)c1cn(CCCC(O)CF)c2ccccc12)C(C)(C)C. The first-order chi connectivity index (χ1) is 13.2. The fourth-order valence-electron chi connectivity index (χ4n) is 3.14. The standard InChI is InChI=1S/C21H29FN2O4/c1-21(2,3)18(20(27)28-4)23-19(26)16-13-24(11-7-8-14(25)12-22)17-10-6-5-9-15(16)17/h5-6,9-10,13-14,18,25H,7-8,11-12H2,1-4H3,(H,23,26)/t14?,18-/m1/s1. The Kier molecular flexibility index (Phi) is 7.18. The van der Waals surface area contributed by atoms with Gasteiger partial charge in [-0.05, 0) is 24.3 Å². The number of benzene rings is 1. The van der Waals surface area contributed by atoms with Crippen LogP contribution in [0.1, 0.15) is 44.0 Å². The average Bonchev–Trinajstić information content (AvgIpc) is 3.03. The van der Waals surface area contributed by atoms with Gasteiger partial charge in [0.2, 0.25) is 0 Å². The lowest BCUT2D eigenvalue weighted by Crippen LogP contribution is -2.49. The van der Waals surface area contributed by atoms with Crippen LogP contribution in [0.5, 0.6) is 0 Å². The largest absolute Gasteiger partial charge is 0.467 e. The Morgan fingerprint density at radius 3 is 2.57 bits per heavy atom. The van der Waals surface area contributed by atoms with Gasteiger partial charge < -0.3 is 19.7 Å². The molecule has 2 rings (SSSR count). The normalized spacial score (nSPS) is 13.9. The van der Waals surface area contributed by atoms with Gasteiger partial charge in [0.1, 0.15) is 12.7 Å². The van der Waals surface area contributed by atoms with Crippen LogP contribution in [0.15, 0.2) is 30.5 Å². The molecule has 0 aliphatic heterocycles. The van der Waals surface area contributed by atoms with E-state index in [1.54, 1.807) is 6.20 Å². The number of methoxy groups -OCH3 is 1. The smallest absolute Gasteiger partial charge is 0.328 e. The molecule has 0 spiro atoms. The second-order valence-corrected chi connectivity index (χ2v) is 8.00. The van der Waals surface area contributed by atoms with Crippen LogP contribution in [0.25, 0.3) is 10.9 Å². The third kappa shape index (κ3) is 5.10. The highest BCUT2D eigenvalue weighted by Crippen LogP contribution is 2.25. The molecule has 0 aliphatic carbocycles. The summed E-state index contributed by atoms with van der Waals surface area (Å²) < 4.78 is 19.2. The second kappa shape index (κ2) is 9.19. The van der Waals surface area contributed by atoms with Crippen LogP contribution in [-0.2, 0) is 16.1 Å². The van der Waals surface area contributed by atoms with Crippen molar-refractivity contribution in [3.8, 4) is 0 Å². The minimum Gasteiger partial charge on any atom is -0.467 e. The van der Waals surface area contributed by atoms with Gasteiger partial charge in [-0.25, -0.2) is 9.18 Å². The summed E-state index contributed by atoms with van der Waals surface area (Å²) in [6.45, 7) is 5.35. The van der Waals surface area contributed by atoms with Crippen molar-refractivity contribution in [2.24, 2.45) is 5.41 Å². The minimum absolute atomic E-state index is 0.346. The van der Waals surface area contributed by atoms with E-state index < -0.39 is 30.2 Å². The van der Waals surface area contributed by atoms with Gasteiger partial charge in [0.25, 0.3) is 5.91 Å². The molecule has 1 aromatic carbocycles. The number of carbonyl (C=O) groups is 2. The Bertz CT molecular complexity index is 825. The molecular formula is C21H29FN2O4. The van der Waals surface area contributed by atoms with Crippen LogP contribution in [0, 0.1) is 5.41 Å². The van der Waals surface area contributed by atoms with Crippen molar-refractivity contribution in [3.63, 3.8) is 0 Å². The molecule has 2 atom stereocenters. The Morgan fingerprint density at radius 1 is 1.29 bits per heavy atom. The van der Waals surface area contributed by atoms with Gasteiger partial charge in [-0.2, -0.15) is 0 Å². The number of fused-ring (bicyclic) bond motifs is 1. The summed E-state index contributed by atoms with van der Waals surface area (Å²) in [5.74, 6) is -0.853. The quantitative estimate of drug-likeness (QED) is 0.677. The van der Waals surface area contributed by atoms with E-state index in [-0.39, 0.29) is 5.91 Å². The highest BCUT2D eigenvalue weighted by Gasteiger charge is 2.34. The van der Waals surface area contributed by atoms with Crippen LogP contribution in [0.4, 0.5) is 4.39 Å². The molecule has 6 nitrogen and oxygen atoms in total. The van der Waals surface area contributed by atoms with Crippen molar-refractivity contribution in [3.05, 3.63) is 36.0 Å². The maximum absolute atomic E-state index is 13.0. The lowest BCUT2D eigenvalue weighted by Gasteiger charge is -2.28. The van der Waals surface area contributed by atoms with Crippen molar-refractivity contribution >= 4 is 22.8 Å². The zero-order valence-corrected chi connectivity index (χ0v) is 16.9. The molecular weight excluding hydrogens is 363 g/mol. The van der Waals surface area contributed by atoms with E-state index in [1.165, 1.54) is 7.11 Å². The lowest BCUT2D eigenvalue weighted by molar-refractivity contribution is -0.145. The van der Waals surface area contributed by atoms with Gasteiger partial charge in [0.15, 0.2) is 0 Å². The molecule has 2 aromatic rings. The zero-order valence-electron chi connectivity index (χ0n) is 16.9. The fraction of sp³-hybridized carbons (Fsp3) is 0.524. The first-order valence-corrected chi connectivity index (χ1v) is 9.39. The third-order valence-corrected chi connectivity index (χ3v) is 4.73. The maximum Gasteiger partial charge on any atom is 0.328 e. The van der Waals surface area contributed by atoms with Crippen molar-refractivity contribution in [2.45, 2.75) is 52.3 Å². The van der Waals surface area contributed by atoms with E-state index in [0.29, 0.717) is 24.9 Å². The zero-order chi connectivity index (χ0) is 20.9. The van der Waals surface area contributed by atoms with E-state index in [4.69, 9.17) is 4.74 Å². The number of halogens is 1. The van der Waals surface area contributed by atoms with Crippen molar-refractivity contribution < 1.29 is 23.8 Å². The Labute approximate surface area is 164 Å². The lowest BCUT2D eigenvalue weighted by atomic mass is 9.86. The highest BCUT2D eigenvalue weighted by molar-refractivity contribution is 6.08. The van der Waals surface area contributed by atoms with Gasteiger partial charge in [-0.15, -0.1) is 0 Å². The van der Waals surface area contributed by atoms with E-state index in [9.17, 15) is 19.1 Å². The van der Waals surface area contributed by atoms with Crippen molar-refractivity contribution in [2.75, 3.05) is 13.8 Å². The van der Waals surface area contributed by atoms with Crippen LogP contribution in [0.2, 0.25) is 0 Å². The molecule has 1 unspecified atom stereocenters. The van der Waals surface area contributed by atoms with E-state index in [2.05, 4.69) is 5.32 Å². The fourth-order valence-corrected chi connectivity index (χ4v) is 3.14. The number of ether oxygens (including phenoxy) is 1. The number of aryl methyl sites for hydroxylation is 1. The average molecular weight is 392 g/mol. The Morgan fingerprint density at radius 2 is 1.96 bits per heavy atom. The number of nitrogens with one attached hydrogen (secondary N) is 1. The topological polar surface area (TPSA) is 80.6 Å². The summed E-state index contributed by atoms with van der Waals surface area (Å²) in [6, 6.07) is 6.69. The summed E-state index contributed by atoms with van der Waals surface area (Å²) in [5.41, 5.74) is 0.816. The molecule has 0 saturated heterocycles. The summed E-state index contributed by atoms with van der Waals surface area (Å²) in [4.78, 5) is 25.1. The molecule has 0 saturated carbocycles. The van der Waals surface area contributed by atoms with Crippen LogP contribution >= 0.6 is 0 Å². The summed E-state index contributed by atoms with van der Waals surface area (Å²) in [7, 11) is 1.30. The highest BCUT2D eigenvalue weighted by atomic mass is 19.1. The van der Waals surface area contributed by atoms with Crippen molar-refractivity contribution in [1.82, 2.24) is 9.88 Å². The number of hydrogen-bond acceptors (Lipinski definition) is 4. The molecule has 0 radical (unpaired) electrons. The van der Waals surface area contributed by atoms with Crippen LogP contribution < -0.4 is 5.32 Å². The number of aliphatic hydroxyl groups excluding tert-OH is 1. The first-order valence-electron chi connectivity index (χ1n) is 9.39. The van der Waals surface area contributed by atoms with Gasteiger partial charge in [-0.1, -0.05) is 39.0 Å². The van der Waals surface area contributed by atoms with Gasteiger partial charge in [0, 0.05) is 23.6 Å². The van der Waals surface area contributed by atoms with Crippen LogP contribution in [-0.4, -0.2) is 47.5 Å². The number of nitrogens with zero attached hydrogens (tertiary/aromatic N) is 1. The number of rotatable bonds is 8. The number of carbonyl (C=O) groups excluding carboxylic acids is 2. The molecule has 28 heavy (non-hydrogen) atoms. The second-order valence-electron chi connectivity index (χ2n) is 8.00. The third-order valence-electron chi connectivity index (χ3n) is 4.73. The van der Waals surface area contributed by atoms with E-state index >= 15 is 0 Å². The number of hydrogen-bond donors (Lipinski definition) is 2. The van der Waals surface area contributed by atoms with E-state index in [1.807, 2.05) is 49.6 Å². The number of aliphatic hydroxyl groups is 1. The Balaban J connectivity index is 2.28. The van der Waals surface area contributed by atoms with Gasteiger partial charge in [-0.3, -0.25) is 4.79 Å².